The number of aliphatic hydroxyl groups excluding tert-OH is 1. The highest BCUT2D eigenvalue weighted by atomic mass is 35.5. The van der Waals surface area contributed by atoms with Crippen LogP contribution in [-0.4, -0.2) is 94.8 Å². The normalized spacial score (nSPS) is 26.0. The number of pyridine rings is 1. The summed E-state index contributed by atoms with van der Waals surface area (Å²) in [5, 5.41) is 9.98. The molecule has 214 valence electrons. The zero-order chi connectivity index (χ0) is 28.0. The van der Waals surface area contributed by atoms with Crippen molar-refractivity contribution in [3.05, 3.63) is 46.0 Å². The quantitative estimate of drug-likeness (QED) is 0.413. The number of hydrogen-bond acceptors (Lipinski definition) is 9. The molecule has 3 saturated heterocycles. The predicted molar refractivity (Wildman–Crippen MR) is 135 cm³/mol. The number of likely N-dealkylation sites (tertiary alicyclic amines) is 1. The number of aromatic amines is 1. The van der Waals surface area contributed by atoms with E-state index in [1.807, 2.05) is 0 Å². The van der Waals surface area contributed by atoms with Crippen LogP contribution < -0.4 is 9.47 Å². The second-order valence-electron chi connectivity index (χ2n) is 9.97. The molecule has 0 aliphatic carbocycles. The Labute approximate surface area is 232 Å². The molecule has 1 unspecified atom stereocenters. The van der Waals surface area contributed by atoms with Gasteiger partial charge in [0.1, 0.15) is 41.6 Å². The van der Waals surface area contributed by atoms with Crippen LogP contribution in [0, 0.1) is 11.6 Å². The van der Waals surface area contributed by atoms with E-state index in [0.29, 0.717) is 18.7 Å². The minimum atomic E-state index is -0.921. The fourth-order valence-corrected chi connectivity index (χ4v) is 5.57. The molecule has 5 heterocycles. The van der Waals surface area contributed by atoms with E-state index in [1.165, 1.54) is 6.07 Å². The van der Waals surface area contributed by atoms with E-state index in [0.717, 1.165) is 25.0 Å². The van der Waals surface area contributed by atoms with Gasteiger partial charge in [0.2, 0.25) is 5.88 Å². The number of amides is 1. The fraction of sp³-hybridized carbons (Fsp3) is 0.500. The van der Waals surface area contributed by atoms with Gasteiger partial charge in [-0.2, -0.15) is 9.97 Å². The Balaban J connectivity index is 1.14. The zero-order valence-corrected chi connectivity index (χ0v) is 22.2. The summed E-state index contributed by atoms with van der Waals surface area (Å²) in [5.41, 5.74) is 0.198. The largest absolute Gasteiger partial charge is 0.471 e. The molecule has 2 N–H and O–H groups in total. The summed E-state index contributed by atoms with van der Waals surface area (Å²) < 4.78 is 57.6. The number of aromatic nitrogens is 3. The van der Waals surface area contributed by atoms with Gasteiger partial charge in [0.05, 0.1) is 36.9 Å². The number of H-pyrrole nitrogens is 1. The highest BCUT2D eigenvalue weighted by Crippen LogP contribution is 2.32. The number of fused-ring (bicyclic) bond motifs is 2. The Hall–Kier alpha value is -3.10. The number of aliphatic hydroxyl groups is 1. The van der Waals surface area contributed by atoms with Crippen LogP contribution in [0.15, 0.2) is 18.2 Å². The SMILES string of the molecule is COC[C@@H]1CCCN1C(=O)c1cc(F)c(COc2nc3nc(O[C@@H]4COC5[C@H](O)CO[C@@H]54)[nH]c3cc2Cl)c(F)c1. The average molecular weight is 581 g/mol. The fourth-order valence-electron chi connectivity index (χ4n) is 5.36. The van der Waals surface area contributed by atoms with Crippen molar-refractivity contribution in [2.24, 2.45) is 0 Å². The van der Waals surface area contributed by atoms with Gasteiger partial charge in [0.15, 0.2) is 11.8 Å². The number of nitrogens with one attached hydrogen (secondary N) is 1. The predicted octanol–water partition coefficient (Wildman–Crippen LogP) is 2.63. The van der Waals surface area contributed by atoms with Crippen LogP contribution in [0.25, 0.3) is 11.2 Å². The molecule has 2 aromatic heterocycles. The summed E-state index contributed by atoms with van der Waals surface area (Å²) in [7, 11) is 1.55. The standard InChI is InChI=1S/C26H27ClF2N4O7/c1-36-8-13-3-2-4-33(13)25(35)12-5-16(28)14(17(29)6-12)9-39-24-15(27)7-18-23(31-24)32-26(30-18)40-20-11-38-21-19(34)10-37-22(20)21/h5-7,13,19-22,34H,2-4,8-11H2,1H3,(H,30,31,32)/t13-,19+,20+,21?,22+/m0/s1. The minimum absolute atomic E-state index is 0.0834. The van der Waals surface area contributed by atoms with Gasteiger partial charge in [-0.25, -0.2) is 8.78 Å². The average Bonchev–Trinajstić information content (AvgIpc) is 3.70. The molecule has 0 radical (unpaired) electrons. The van der Waals surface area contributed by atoms with Crippen LogP contribution in [0.3, 0.4) is 0 Å². The summed E-state index contributed by atoms with van der Waals surface area (Å²) in [6, 6.07) is 3.52. The van der Waals surface area contributed by atoms with Crippen LogP contribution in [-0.2, 0) is 20.8 Å². The summed E-state index contributed by atoms with van der Waals surface area (Å²) in [6.45, 7) is 0.731. The molecule has 0 saturated carbocycles. The summed E-state index contributed by atoms with van der Waals surface area (Å²) >= 11 is 6.30. The first-order chi connectivity index (χ1) is 19.3. The molecule has 3 aliphatic rings. The molecule has 11 nitrogen and oxygen atoms in total. The number of imidazole rings is 1. The summed E-state index contributed by atoms with van der Waals surface area (Å²) in [5.74, 6) is -2.38. The molecule has 3 fully saturated rings. The van der Waals surface area contributed by atoms with Crippen molar-refractivity contribution < 1.29 is 42.4 Å². The van der Waals surface area contributed by atoms with Crippen molar-refractivity contribution in [3.63, 3.8) is 0 Å². The Morgan fingerprint density at radius 2 is 1.98 bits per heavy atom. The van der Waals surface area contributed by atoms with Crippen molar-refractivity contribution in [2.75, 3.05) is 33.5 Å². The number of methoxy groups -OCH3 is 1. The number of nitrogens with zero attached hydrogens (tertiary/aromatic N) is 3. The van der Waals surface area contributed by atoms with Crippen LogP contribution in [0.5, 0.6) is 11.9 Å². The Morgan fingerprint density at radius 3 is 2.75 bits per heavy atom. The Morgan fingerprint density at radius 1 is 1.20 bits per heavy atom. The topological polar surface area (TPSA) is 128 Å². The molecule has 5 atom stereocenters. The van der Waals surface area contributed by atoms with Gasteiger partial charge in [-0.15, -0.1) is 0 Å². The molecule has 0 bridgehead atoms. The molecule has 40 heavy (non-hydrogen) atoms. The first kappa shape index (κ1) is 27.1. The van der Waals surface area contributed by atoms with Crippen molar-refractivity contribution in [1.29, 1.82) is 0 Å². The smallest absolute Gasteiger partial charge is 0.296 e. The second kappa shape index (κ2) is 11.1. The van der Waals surface area contributed by atoms with Gasteiger partial charge in [0.25, 0.3) is 11.9 Å². The number of benzene rings is 1. The van der Waals surface area contributed by atoms with E-state index in [2.05, 4.69) is 15.0 Å². The van der Waals surface area contributed by atoms with Gasteiger partial charge in [-0.05, 0) is 31.0 Å². The number of rotatable bonds is 8. The molecule has 14 heteroatoms. The highest BCUT2D eigenvalue weighted by molar-refractivity contribution is 6.32. The molecular formula is C26H27ClF2N4O7. The van der Waals surface area contributed by atoms with Crippen molar-refractivity contribution in [1.82, 2.24) is 19.9 Å². The van der Waals surface area contributed by atoms with Gasteiger partial charge >= 0.3 is 0 Å². The highest BCUT2D eigenvalue weighted by Gasteiger charge is 2.48. The van der Waals surface area contributed by atoms with Crippen molar-refractivity contribution in [2.45, 2.75) is 49.9 Å². The molecule has 1 amide bonds. The molecule has 3 aromatic rings. The monoisotopic (exact) mass is 580 g/mol. The zero-order valence-electron chi connectivity index (χ0n) is 21.4. The lowest BCUT2D eigenvalue weighted by atomic mass is 10.1. The summed E-state index contributed by atoms with van der Waals surface area (Å²) in [6.07, 6.45) is -0.500. The van der Waals surface area contributed by atoms with Gasteiger partial charge in [-0.3, -0.25) is 4.79 Å². The van der Waals surface area contributed by atoms with E-state index in [9.17, 15) is 18.7 Å². The van der Waals surface area contributed by atoms with E-state index in [4.69, 9.17) is 35.3 Å². The number of carbonyl (C=O) groups excluding carboxylic acids is 1. The third-order valence-electron chi connectivity index (χ3n) is 7.36. The van der Waals surface area contributed by atoms with Gasteiger partial charge in [0, 0.05) is 19.2 Å². The van der Waals surface area contributed by atoms with Crippen LogP contribution in [0.1, 0.15) is 28.8 Å². The molecule has 6 rings (SSSR count). The van der Waals surface area contributed by atoms with E-state index >= 15 is 0 Å². The maximum Gasteiger partial charge on any atom is 0.296 e. The molecule has 1 aromatic carbocycles. The Bertz CT molecular complexity index is 1400. The number of carbonyl (C=O) groups is 1. The van der Waals surface area contributed by atoms with Crippen molar-refractivity contribution >= 4 is 28.7 Å². The molecular weight excluding hydrogens is 554 g/mol. The van der Waals surface area contributed by atoms with E-state index in [-0.39, 0.29) is 52.9 Å². The minimum Gasteiger partial charge on any atom is -0.471 e. The van der Waals surface area contributed by atoms with Gasteiger partial charge in [-0.1, -0.05) is 11.6 Å². The van der Waals surface area contributed by atoms with E-state index in [1.54, 1.807) is 12.0 Å². The maximum atomic E-state index is 14.9. The first-order valence-electron chi connectivity index (χ1n) is 12.9. The lowest BCUT2D eigenvalue weighted by molar-refractivity contribution is 0.00706. The van der Waals surface area contributed by atoms with Crippen molar-refractivity contribution in [3.8, 4) is 11.9 Å². The van der Waals surface area contributed by atoms with Gasteiger partial charge < -0.3 is 38.7 Å². The lowest BCUT2D eigenvalue weighted by Gasteiger charge is -2.24. The number of hydrogen-bond donors (Lipinski definition) is 2. The first-order valence-corrected chi connectivity index (χ1v) is 13.2. The molecule has 0 spiro atoms. The molecule has 3 aliphatic heterocycles. The van der Waals surface area contributed by atoms with Crippen LogP contribution >= 0.6 is 11.6 Å². The number of ether oxygens (including phenoxy) is 5. The second-order valence-corrected chi connectivity index (χ2v) is 10.4. The van der Waals surface area contributed by atoms with Crippen LogP contribution in [0.4, 0.5) is 8.78 Å². The number of halogens is 3. The Kier molecular flexibility index (Phi) is 7.48. The third-order valence-corrected chi connectivity index (χ3v) is 7.63. The van der Waals surface area contributed by atoms with E-state index < -0.39 is 48.6 Å². The van der Waals surface area contributed by atoms with Crippen LogP contribution in [0.2, 0.25) is 5.02 Å². The lowest BCUT2D eigenvalue weighted by Crippen LogP contribution is -2.38. The maximum absolute atomic E-state index is 14.9. The third kappa shape index (κ3) is 5.07. The summed E-state index contributed by atoms with van der Waals surface area (Å²) in [4.78, 5) is 26.0.